The Hall–Kier alpha value is -3.94. The fourth-order valence-corrected chi connectivity index (χ4v) is 3.97. The van der Waals surface area contributed by atoms with E-state index in [0.717, 1.165) is 62.8 Å². The molecule has 47 heavy (non-hydrogen) atoms. The van der Waals surface area contributed by atoms with E-state index >= 15 is 0 Å². The summed E-state index contributed by atoms with van der Waals surface area (Å²) in [5.74, 6) is -3.88. The smallest absolute Gasteiger partial charge is 0.545 e. The Morgan fingerprint density at radius 3 is 1.21 bits per heavy atom. The largest absolute Gasteiger partial charge is 2.00 e. The van der Waals surface area contributed by atoms with E-state index in [0.29, 0.717) is 13.2 Å². The maximum absolute atomic E-state index is 11.5. The maximum Gasteiger partial charge on any atom is 2.00 e. The van der Waals surface area contributed by atoms with Crippen molar-refractivity contribution in [2.45, 2.75) is 90.9 Å². The molecule has 0 saturated carbocycles. The number of amides is 2. The van der Waals surface area contributed by atoms with Crippen molar-refractivity contribution in [1.29, 1.82) is 0 Å². The quantitative estimate of drug-likeness (QED) is 0.128. The van der Waals surface area contributed by atoms with Crippen molar-refractivity contribution in [1.82, 2.24) is 0 Å². The Labute approximate surface area is 288 Å². The number of carbonyl (C=O) groups is 4. The van der Waals surface area contributed by atoms with Crippen LogP contribution in [0.3, 0.4) is 0 Å². The van der Waals surface area contributed by atoms with E-state index in [1.165, 1.54) is 50.7 Å². The number of benzene rings is 2. The maximum atomic E-state index is 11.5. The summed E-state index contributed by atoms with van der Waals surface area (Å²) in [4.78, 5) is 44.3. The summed E-state index contributed by atoms with van der Waals surface area (Å²) in [7, 11) is 0. The molecule has 2 aromatic carbocycles. The summed E-state index contributed by atoms with van der Waals surface area (Å²) in [6.45, 7) is 4.98. The Bertz CT molecular complexity index is 1110. The van der Waals surface area contributed by atoms with Crippen molar-refractivity contribution in [3.8, 4) is 11.5 Å². The number of carboxylic acids is 2. The van der Waals surface area contributed by atoms with Gasteiger partial charge in [0.2, 0.25) is 0 Å². The van der Waals surface area contributed by atoms with Crippen molar-refractivity contribution in [2.75, 3.05) is 23.8 Å². The predicted molar refractivity (Wildman–Crippen MR) is 169 cm³/mol. The number of unbranched alkanes of at least 4 members (excludes halogenated alkanes) is 10. The molecule has 0 aliphatic rings. The Kier molecular flexibility index (Phi) is 28.6. The van der Waals surface area contributed by atoms with Crippen LogP contribution in [0.5, 0.6) is 11.5 Å². The molecule has 0 radical (unpaired) electrons. The summed E-state index contributed by atoms with van der Waals surface area (Å²) >= 11 is 0. The van der Waals surface area contributed by atoms with Crippen LogP contribution < -0.4 is 20.8 Å². The number of hydrogen-bond acceptors (Lipinski definition) is 10. The fourth-order valence-electron chi connectivity index (χ4n) is 3.97. The predicted octanol–water partition coefficient (Wildman–Crippen LogP) is 3.68. The van der Waals surface area contributed by atoms with Crippen molar-refractivity contribution in [3.05, 3.63) is 47.5 Å². The summed E-state index contributed by atoms with van der Waals surface area (Å²) in [5.41, 5.74) is -0.136. The van der Waals surface area contributed by atoms with E-state index in [2.05, 4.69) is 24.5 Å². The molecule has 14 nitrogen and oxygen atoms in total. The molecule has 0 fully saturated rings. The van der Waals surface area contributed by atoms with E-state index in [1.54, 1.807) is 0 Å². The molecule has 2 amide bonds. The van der Waals surface area contributed by atoms with Crippen molar-refractivity contribution < 1.29 is 79.5 Å². The van der Waals surface area contributed by atoms with Gasteiger partial charge in [-0.1, -0.05) is 78.1 Å². The Balaban J connectivity index is -0.000000774. The van der Waals surface area contributed by atoms with Crippen LogP contribution in [0.1, 0.15) is 112 Å². The van der Waals surface area contributed by atoms with Gasteiger partial charge in [0.25, 0.3) is 0 Å². The second kappa shape index (κ2) is 28.3. The van der Waals surface area contributed by atoms with Gasteiger partial charge in [0.05, 0.1) is 25.2 Å². The normalized spacial score (nSPS) is 9.57. The first kappa shape index (κ1) is 47.5. The summed E-state index contributed by atoms with van der Waals surface area (Å²) in [5, 5.41) is 45.1. The van der Waals surface area contributed by atoms with Gasteiger partial charge in [0, 0.05) is 34.6 Å². The zero-order chi connectivity index (χ0) is 32.7. The van der Waals surface area contributed by atoms with E-state index in [9.17, 15) is 39.6 Å². The third-order valence-corrected chi connectivity index (χ3v) is 6.39. The van der Waals surface area contributed by atoms with Crippen LogP contribution >= 0.6 is 0 Å². The van der Waals surface area contributed by atoms with Gasteiger partial charge in [-0.05, 0) is 37.1 Å². The van der Waals surface area contributed by atoms with Crippen LogP contribution in [-0.4, -0.2) is 58.5 Å². The second-order valence-electron chi connectivity index (χ2n) is 10.1. The van der Waals surface area contributed by atoms with Crippen LogP contribution in [0.4, 0.5) is 21.0 Å². The SMILES string of the molecule is CCCCCCCCOC(=O)Nc1ccc(C(=O)[O-])c(O)c1.CCCCCCCCOC(=O)Nc1ccc(C(=O)[O-])c(O)c1.O.O.[Zn+2]. The molecular formula is C32H48N2O12Zn. The molecule has 0 atom stereocenters. The van der Waals surface area contributed by atoms with Crippen LogP contribution in [0.15, 0.2) is 36.4 Å². The molecule has 0 bridgehead atoms. The van der Waals surface area contributed by atoms with Crippen LogP contribution in [0.2, 0.25) is 0 Å². The number of ether oxygens (including phenoxy) is 2. The first-order valence-corrected chi connectivity index (χ1v) is 15.0. The summed E-state index contributed by atoms with van der Waals surface area (Å²) in [6.07, 6.45) is 11.9. The molecule has 0 heterocycles. The zero-order valence-electron chi connectivity index (χ0n) is 27.2. The van der Waals surface area contributed by atoms with Crippen molar-refractivity contribution >= 4 is 35.5 Å². The van der Waals surface area contributed by atoms with Gasteiger partial charge in [0.15, 0.2) is 0 Å². The molecule has 0 saturated heterocycles. The van der Waals surface area contributed by atoms with Gasteiger partial charge in [-0.3, -0.25) is 10.6 Å². The van der Waals surface area contributed by atoms with Crippen LogP contribution in [0.25, 0.3) is 0 Å². The molecule has 0 spiro atoms. The van der Waals surface area contributed by atoms with Gasteiger partial charge in [-0.2, -0.15) is 0 Å². The number of carboxylic acid groups (broad SMARTS) is 2. The number of nitrogens with one attached hydrogen (secondary N) is 2. The van der Waals surface area contributed by atoms with Gasteiger partial charge < -0.3 is 50.4 Å². The summed E-state index contributed by atoms with van der Waals surface area (Å²) in [6, 6.07) is 7.31. The number of rotatable bonds is 18. The number of phenols is 2. The number of hydrogen-bond donors (Lipinski definition) is 4. The van der Waals surface area contributed by atoms with E-state index < -0.39 is 35.6 Å². The minimum absolute atomic E-state index is 0. The van der Waals surface area contributed by atoms with E-state index in [4.69, 9.17) is 9.47 Å². The molecular weight excluding hydrogens is 670 g/mol. The van der Waals surface area contributed by atoms with Gasteiger partial charge in [0.1, 0.15) is 11.5 Å². The number of aromatic hydroxyl groups is 2. The number of aromatic carboxylic acids is 2. The Morgan fingerprint density at radius 1 is 0.596 bits per heavy atom. The first-order chi connectivity index (χ1) is 21.1. The third kappa shape index (κ3) is 21.5. The second-order valence-corrected chi connectivity index (χ2v) is 10.1. The molecule has 0 aliphatic heterocycles. The molecule has 0 aliphatic carbocycles. The minimum Gasteiger partial charge on any atom is -0.545 e. The Morgan fingerprint density at radius 2 is 0.915 bits per heavy atom. The molecule has 260 valence electrons. The van der Waals surface area contributed by atoms with Gasteiger partial charge in [-0.25, -0.2) is 9.59 Å². The third-order valence-electron chi connectivity index (χ3n) is 6.39. The molecule has 0 aromatic heterocycles. The fraction of sp³-hybridized carbons (Fsp3) is 0.500. The first-order valence-electron chi connectivity index (χ1n) is 15.0. The molecule has 15 heteroatoms. The van der Waals surface area contributed by atoms with E-state index in [1.807, 2.05) is 0 Å². The van der Waals surface area contributed by atoms with Gasteiger partial charge in [-0.15, -0.1) is 0 Å². The zero-order valence-corrected chi connectivity index (χ0v) is 30.2. The standard InChI is InChI=1S/2C16H23NO5.2H2O.Zn/c2*1-2-3-4-5-6-7-10-22-16(21)17-12-8-9-13(15(19)20)14(18)11-12;;;/h2*8-9,11,18H,2-7,10H2,1H3,(H,17,21)(H,19,20);2*1H2;/q;;;;+2/p-2. The average Bonchev–Trinajstić information content (AvgIpc) is 2.96. The van der Waals surface area contributed by atoms with E-state index in [-0.39, 0.29) is 52.9 Å². The number of anilines is 2. The minimum atomic E-state index is -1.48. The van der Waals surface area contributed by atoms with Crippen LogP contribution in [0, 0.1) is 0 Å². The molecule has 2 aromatic rings. The monoisotopic (exact) mass is 716 g/mol. The molecule has 2 rings (SSSR count). The molecule has 8 N–H and O–H groups in total. The van der Waals surface area contributed by atoms with Crippen molar-refractivity contribution in [2.24, 2.45) is 0 Å². The van der Waals surface area contributed by atoms with Gasteiger partial charge >= 0.3 is 31.7 Å². The van der Waals surface area contributed by atoms with Crippen molar-refractivity contribution in [3.63, 3.8) is 0 Å². The number of carbonyl (C=O) groups excluding carboxylic acids is 4. The summed E-state index contributed by atoms with van der Waals surface area (Å²) < 4.78 is 10.0. The van der Waals surface area contributed by atoms with Crippen LogP contribution in [-0.2, 0) is 29.0 Å². The topological polar surface area (TPSA) is 260 Å². The average molecular weight is 718 g/mol. The molecule has 0 unspecified atom stereocenters.